The number of sulfone groups is 1. The highest BCUT2D eigenvalue weighted by molar-refractivity contribution is 7.91. The van der Waals surface area contributed by atoms with Crippen molar-refractivity contribution in [3.8, 4) is 0 Å². The second-order valence-electron chi connectivity index (χ2n) is 5.63. The van der Waals surface area contributed by atoms with E-state index in [1.807, 2.05) is 0 Å². The number of hydrogen-bond donors (Lipinski definition) is 1. The summed E-state index contributed by atoms with van der Waals surface area (Å²) in [6.07, 6.45) is 6.65. The molecule has 0 aliphatic heterocycles. The molecule has 5 heteroatoms. The Bertz CT molecular complexity index is 408. The zero-order valence-corrected chi connectivity index (χ0v) is 11.0. The number of carboxylic acids is 1. The number of hydrogen-bond acceptors (Lipinski definition) is 3. The quantitative estimate of drug-likeness (QED) is 0.840. The minimum atomic E-state index is -3.02. The van der Waals surface area contributed by atoms with Gasteiger partial charge in [0.1, 0.15) is 9.84 Å². The minimum Gasteiger partial charge on any atom is -0.481 e. The van der Waals surface area contributed by atoms with Crippen LogP contribution in [0, 0.1) is 11.3 Å². The number of rotatable bonds is 3. The van der Waals surface area contributed by atoms with Gasteiger partial charge in [-0.1, -0.05) is 12.8 Å². The molecule has 0 radical (unpaired) electrons. The number of carboxylic acid groups (broad SMARTS) is 1. The maximum absolute atomic E-state index is 11.6. The Morgan fingerprint density at radius 1 is 1.24 bits per heavy atom. The summed E-state index contributed by atoms with van der Waals surface area (Å²) in [5.41, 5.74) is -0.608. The maximum Gasteiger partial charge on any atom is 0.309 e. The van der Waals surface area contributed by atoms with Crippen molar-refractivity contribution in [3.05, 3.63) is 0 Å². The van der Waals surface area contributed by atoms with Gasteiger partial charge in [0.05, 0.1) is 10.7 Å². The molecule has 2 fully saturated rings. The van der Waals surface area contributed by atoms with Crippen LogP contribution in [0.5, 0.6) is 0 Å². The summed E-state index contributed by atoms with van der Waals surface area (Å²) >= 11 is 0. The van der Waals surface area contributed by atoms with Crippen LogP contribution in [0.2, 0.25) is 0 Å². The molecule has 2 aliphatic carbocycles. The average molecular weight is 260 g/mol. The zero-order chi connectivity index (χ0) is 12.7. The van der Waals surface area contributed by atoms with Gasteiger partial charge in [0, 0.05) is 6.26 Å². The third kappa shape index (κ3) is 2.21. The van der Waals surface area contributed by atoms with Crippen molar-refractivity contribution in [1.29, 1.82) is 0 Å². The van der Waals surface area contributed by atoms with E-state index >= 15 is 0 Å². The van der Waals surface area contributed by atoms with Crippen molar-refractivity contribution in [2.75, 3.05) is 6.26 Å². The second kappa shape index (κ2) is 4.26. The number of aliphatic carboxylic acids is 1. The lowest BCUT2D eigenvalue weighted by molar-refractivity contribution is -0.161. The van der Waals surface area contributed by atoms with Crippen molar-refractivity contribution in [2.45, 2.75) is 50.2 Å². The zero-order valence-electron chi connectivity index (χ0n) is 10.2. The smallest absolute Gasteiger partial charge is 0.309 e. The monoisotopic (exact) mass is 260 g/mol. The van der Waals surface area contributed by atoms with Crippen LogP contribution in [0.15, 0.2) is 0 Å². The molecule has 0 aromatic carbocycles. The van der Waals surface area contributed by atoms with Crippen LogP contribution in [-0.2, 0) is 14.6 Å². The molecule has 98 valence electrons. The van der Waals surface area contributed by atoms with Crippen LogP contribution in [-0.4, -0.2) is 31.0 Å². The summed E-state index contributed by atoms with van der Waals surface area (Å²) in [5, 5.41) is 9.05. The van der Waals surface area contributed by atoms with Crippen molar-refractivity contribution in [1.82, 2.24) is 0 Å². The lowest BCUT2D eigenvalue weighted by atomic mass is 9.57. The fraction of sp³-hybridized carbons (Fsp3) is 0.917. The van der Waals surface area contributed by atoms with E-state index < -0.39 is 21.2 Å². The van der Waals surface area contributed by atoms with Crippen LogP contribution >= 0.6 is 0 Å². The van der Waals surface area contributed by atoms with Gasteiger partial charge in [-0.05, 0) is 38.0 Å². The Hall–Kier alpha value is -0.580. The topological polar surface area (TPSA) is 71.4 Å². The molecule has 1 N–H and O–H groups in total. The molecule has 2 unspecified atom stereocenters. The summed E-state index contributed by atoms with van der Waals surface area (Å²) in [4.78, 5) is 11.4. The van der Waals surface area contributed by atoms with Gasteiger partial charge in [0.15, 0.2) is 0 Å². The van der Waals surface area contributed by atoms with Crippen molar-refractivity contribution in [3.63, 3.8) is 0 Å². The van der Waals surface area contributed by atoms with Crippen molar-refractivity contribution >= 4 is 15.8 Å². The molecule has 2 rings (SSSR count). The van der Waals surface area contributed by atoms with Crippen LogP contribution in [0.1, 0.15) is 44.9 Å². The second-order valence-corrected chi connectivity index (χ2v) is 7.96. The molecule has 0 aromatic rings. The van der Waals surface area contributed by atoms with E-state index in [0.29, 0.717) is 12.8 Å². The Balaban J connectivity index is 2.15. The molecule has 2 atom stereocenters. The van der Waals surface area contributed by atoms with E-state index in [9.17, 15) is 18.3 Å². The third-order valence-corrected chi connectivity index (χ3v) is 6.32. The average Bonchev–Trinajstić information content (AvgIpc) is 2.14. The van der Waals surface area contributed by atoms with E-state index in [4.69, 9.17) is 0 Å². The Kier molecular flexibility index (Phi) is 3.23. The van der Waals surface area contributed by atoms with Gasteiger partial charge >= 0.3 is 5.97 Å². The summed E-state index contributed by atoms with van der Waals surface area (Å²) in [6, 6.07) is 0. The van der Waals surface area contributed by atoms with Gasteiger partial charge in [-0.3, -0.25) is 4.79 Å². The van der Waals surface area contributed by atoms with E-state index in [1.54, 1.807) is 0 Å². The van der Waals surface area contributed by atoms with Crippen LogP contribution in [0.25, 0.3) is 0 Å². The molecule has 0 aromatic heterocycles. The fourth-order valence-electron chi connectivity index (χ4n) is 3.39. The highest BCUT2D eigenvalue weighted by Gasteiger charge is 2.52. The van der Waals surface area contributed by atoms with Gasteiger partial charge in [-0.15, -0.1) is 0 Å². The molecule has 0 spiro atoms. The Morgan fingerprint density at radius 2 is 1.88 bits per heavy atom. The predicted octanol–water partition coefficient (Wildman–Crippen LogP) is 1.84. The lowest BCUT2D eigenvalue weighted by Gasteiger charge is -2.46. The maximum atomic E-state index is 11.6. The van der Waals surface area contributed by atoms with E-state index in [-0.39, 0.29) is 11.2 Å². The molecule has 2 aliphatic rings. The van der Waals surface area contributed by atoms with Gasteiger partial charge in [-0.2, -0.15) is 0 Å². The largest absolute Gasteiger partial charge is 0.481 e. The summed E-state index contributed by atoms with van der Waals surface area (Å²) < 4.78 is 23.2. The predicted molar refractivity (Wildman–Crippen MR) is 64.5 cm³/mol. The highest BCUT2D eigenvalue weighted by atomic mass is 32.2. The first kappa shape index (κ1) is 12.9. The molecule has 0 bridgehead atoms. The van der Waals surface area contributed by atoms with E-state index in [1.165, 1.54) is 6.26 Å². The van der Waals surface area contributed by atoms with Crippen molar-refractivity contribution in [2.24, 2.45) is 11.3 Å². The third-order valence-electron chi connectivity index (χ3n) is 4.68. The molecule has 0 amide bonds. The molecule has 0 heterocycles. The molecule has 17 heavy (non-hydrogen) atoms. The summed E-state index contributed by atoms with van der Waals surface area (Å²) in [7, 11) is -3.02. The van der Waals surface area contributed by atoms with Gasteiger partial charge < -0.3 is 5.11 Å². The molecule has 4 nitrogen and oxygen atoms in total. The highest BCUT2D eigenvalue weighted by Crippen LogP contribution is 2.52. The first-order chi connectivity index (χ1) is 7.86. The summed E-state index contributed by atoms with van der Waals surface area (Å²) in [6.45, 7) is 0. The minimum absolute atomic E-state index is 0.0576. The SMILES string of the molecule is CS(=O)(=O)C1CCCC(C2(C(=O)O)CCC2)C1. The van der Waals surface area contributed by atoms with Crippen LogP contribution in [0.3, 0.4) is 0 Å². The van der Waals surface area contributed by atoms with E-state index in [0.717, 1.165) is 32.1 Å². The Morgan fingerprint density at radius 3 is 2.29 bits per heavy atom. The fourth-order valence-corrected chi connectivity index (χ4v) is 4.57. The first-order valence-corrected chi connectivity index (χ1v) is 8.24. The van der Waals surface area contributed by atoms with E-state index in [2.05, 4.69) is 0 Å². The summed E-state index contributed by atoms with van der Waals surface area (Å²) in [5.74, 6) is -0.662. The molecule has 2 saturated carbocycles. The van der Waals surface area contributed by atoms with Crippen molar-refractivity contribution < 1.29 is 18.3 Å². The van der Waals surface area contributed by atoms with Gasteiger partial charge in [0.25, 0.3) is 0 Å². The number of carbonyl (C=O) groups is 1. The van der Waals surface area contributed by atoms with Gasteiger partial charge in [0.2, 0.25) is 0 Å². The Labute approximate surface area is 102 Å². The molecule has 0 saturated heterocycles. The molecular formula is C12H20O4S. The lowest BCUT2D eigenvalue weighted by Crippen LogP contribution is -2.47. The molecular weight excluding hydrogens is 240 g/mol. The normalized spacial score (nSPS) is 32.8. The van der Waals surface area contributed by atoms with Crippen LogP contribution < -0.4 is 0 Å². The standard InChI is InChI=1S/C12H20O4S/c1-17(15,16)10-5-2-4-9(8-10)12(11(13)14)6-3-7-12/h9-10H,2-8H2,1H3,(H,13,14). The van der Waals surface area contributed by atoms with Crippen LogP contribution in [0.4, 0.5) is 0 Å². The first-order valence-electron chi connectivity index (χ1n) is 6.28. The van der Waals surface area contributed by atoms with Gasteiger partial charge in [-0.25, -0.2) is 8.42 Å².